The van der Waals surface area contributed by atoms with E-state index in [0.717, 1.165) is 24.5 Å². The van der Waals surface area contributed by atoms with Crippen LogP contribution in [0.25, 0.3) is 0 Å². The summed E-state index contributed by atoms with van der Waals surface area (Å²) >= 11 is 1.73. The van der Waals surface area contributed by atoms with Crippen molar-refractivity contribution in [2.45, 2.75) is 32.7 Å². The van der Waals surface area contributed by atoms with E-state index in [2.05, 4.69) is 19.2 Å². The second kappa shape index (κ2) is 8.42. The molecule has 1 N–H and O–H groups in total. The smallest absolute Gasteiger partial charge is 0.148 e. The lowest BCUT2D eigenvalue weighted by Gasteiger charge is -2.07. The van der Waals surface area contributed by atoms with Gasteiger partial charge in [0.2, 0.25) is 0 Å². The van der Waals surface area contributed by atoms with E-state index < -0.39 is 9.84 Å². The van der Waals surface area contributed by atoms with Crippen LogP contribution in [-0.4, -0.2) is 44.5 Å². The number of sulfone groups is 1. The summed E-state index contributed by atoms with van der Waals surface area (Å²) < 4.78 is 21.6. The van der Waals surface area contributed by atoms with E-state index in [-0.39, 0.29) is 0 Å². The van der Waals surface area contributed by atoms with Crippen molar-refractivity contribution in [1.29, 1.82) is 0 Å². The van der Waals surface area contributed by atoms with Crippen molar-refractivity contribution < 1.29 is 8.42 Å². The average Bonchev–Trinajstić information content (AvgIpc) is 2.07. The SMILES string of the molecule is CC(C)NCCCCSCCS(C)(=O)=O. The van der Waals surface area contributed by atoms with Crippen LogP contribution in [0, 0.1) is 0 Å². The quantitative estimate of drug-likeness (QED) is 0.633. The van der Waals surface area contributed by atoms with Gasteiger partial charge in [0.1, 0.15) is 9.84 Å². The van der Waals surface area contributed by atoms with Crippen LogP contribution < -0.4 is 5.32 Å². The van der Waals surface area contributed by atoms with Crippen molar-refractivity contribution in [3.8, 4) is 0 Å². The molecular formula is C10H23NO2S2. The molecule has 0 aliphatic heterocycles. The molecule has 92 valence electrons. The highest BCUT2D eigenvalue weighted by atomic mass is 32.2. The van der Waals surface area contributed by atoms with E-state index in [1.807, 2.05) is 0 Å². The third kappa shape index (κ3) is 14.3. The first-order chi connectivity index (χ1) is 6.92. The molecule has 0 saturated carbocycles. The highest BCUT2D eigenvalue weighted by molar-refractivity contribution is 8.00. The van der Waals surface area contributed by atoms with E-state index in [4.69, 9.17) is 0 Å². The first kappa shape index (κ1) is 15.3. The molecule has 0 fully saturated rings. The predicted octanol–water partition coefficient (Wildman–Crippen LogP) is 1.54. The van der Waals surface area contributed by atoms with Crippen molar-refractivity contribution in [2.24, 2.45) is 0 Å². The monoisotopic (exact) mass is 253 g/mol. The minimum atomic E-state index is -2.77. The van der Waals surface area contributed by atoms with E-state index in [1.165, 1.54) is 12.7 Å². The Kier molecular flexibility index (Phi) is 8.56. The van der Waals surface area contributed by atoms with Gasteiger partial charge < -0.3 is 5.32 Å². The Bertz CT molecular complexity index is 238. The number of nitrogens with one attached hydrogen (secondary N) is 1. The van der Waals surface area contributed by atoms with Crippen LogP contribution in [0.4, 0.5) is 0 Å². The zero-order chi connectivity index (χ0) is 11.7. The molecule has 0 radical (unpaired) electrons. The fourth-order valence-corrected chi connectivity index (χ4v) is 3.33. The molecule has 0 amide bonds. The molecule has 0 aromatic carbocycles. The zero-order valence-corrected chi connectivity index (χ0v) is 11.6. The lowest BCUT2D eigenvalue weighted by atomic mass is 10.3. The maximum atomic E-state index is 10.8. The van der Waals surface area contributed by atoms with E-state index in [0.29, 0.717) is 11.8 Å². The maximum absolute atomic E-state index is 10.8. The van der Waals surface area contributed by atoms with Gasteiger partial charge >= 0.3 is 0 Å². The molecule has 3 nitrogen and oxygen atoms in total. The molecule has 0 aliphatic carbocycles. The first-order valence-electron chi connectivity index (χ1n) is 5.40. The molecule has 15 heavy (non-hydrogen) atoms. The normalized spacial score (nSPS) is 12.3. The molecule has 0 heterocycles. The topological polar surface area (TPSA) is 46.2 Å². The van der Waals surface area contributed by atoms with E-state index >= 15 is 0 Å². The molecule has 0 aromatic heterocycles. The van der Waals surface area contributed by atoms with Gasteiger partial charge in [0.25, 0.3) is 0 Å². The van der Waals surface area contributed by atoms with Crippen molar-refractivity contribution in [1.82, 2.24) is 5.32 Å². The highest BCUT2D eigenvalue weighted by Gasteiger charge is 2.00. The Labute approximate surface area is 98.3 Å². The molecule has 0 rings (SSSR count). The van der Waals surface area contributed by atoms with Crippen molar-refractivity contribution in [3.63, 3.8) is 0 Å². The van der Waals surface area contributed by atoms with E-state index in [1.54, 1.807) is 11.8 Å². The second-order valence-electron chi connectivity index (χ2n) is 4.06. The summed E-state index contributed by atoms with van der Waals surface area (Å²) in [5, 5.41) is 3.36. The molecule has 0 aromatic rings. The van der Waals surface area contributed by atoms with Gasteiger partial charge in [0.05, 0.1) is 5.75 Å². The molecule has 0 spiro atoms. The van der Waals surface area contributed by atoms with Crippen LogP contribution >= 0.6 is 11.8 Å². The summed E-state index contributed by atoms with van der Waals surface area (Å²) in [5.41, 5.74) is 0. The molecule has 0 saturated heterocycles. The summed E-state index contributed by atoms with van der Waals surface area (Å²) in [6.07, 6.45) is 3.62. The van der Waals surface area contributed by atoms with Gasteiger partial charge in [-0.05, 0) is 25.1 Å². The van der Waals surface area contributed by atoms with Gasteiger partial charge in [-0.3, -0.25) is 0 Å². The van der Waals surface area contributed by atoms with Crippen molar-refractivity contribution in [2.75, 3.05) is 30.1 Å². The highest BCUT2D eigenvalue weighted by Crippen LogP contribution is 2.05. The largest absolute Gasteiger partial charge is 0.315 e. The van der Waals surface area contributed by atoms with Crippen LogP contribution in [0.1, 0.15) is 26.7 Å². The van der Waals surface area contributed by atoms with Gasteiger partial charge in [0, 0.05) is 18.1 Å². The number of unbranched alkanes of at least 4 members (excludes halogenated alkanes) is 1. The van der Waals surface area contributed by atoms with Gasteiger partial charge in [-0.15, -0.1) is 0 Å². The number of thioether (sulfide) groups is 1. The molecule has 0 aliphatic rings. The van der Waals surface area contributed by atoms with Crippen LogP contribution in [0.3, 0.4) is 0 Å². The summed E-state index contributed by atoms with van der Waals surface area (Å²) in [6, 6.07) is 0.558. The maximum Gasteiger partial charge on any atom is 0.148 e. The Morgan fingerprint density at radius 2 is 1.87 bits per heavy atom. The van der Waals surface area contributed by atoms with Gasteiger partial charge in [-0.1, -0.05) is 13.8 Å². The third-order valence-electron chi connectivity index (χ3n) is 1.87. The Morgan fingerprint density at radius 1 is 1.20 bits per heavy atom. The van der Waals surface area contributed by atoms with Gasteiger partial charge in [-0.25, -0.2) is 8.42 Å². The molecule has 0 atom stereocenters. The number of hydrogen-bond donors (Lipinski definition) is 1. The average molecular weight is 253 g/mol. The number of hydrogen-bond acceptors (Lipinski definition) is 4. The summed E-state index contributed by atoms with van der Waals surface area (Å²) in [5.74, 6) is 2.10. The van der Waals surface area contributed by atoms with Gasteiger partial charge in [-0.2, -0.15) is 11.8 Å². The lowest BCUT2D eigenvalue weighted by Crippen LogP contribution is -2.23. The van der Waals surface area contributed by atoms with Crippen LogP contribution in [0.15, 0.2) is 0 Å². The minimum Gasteiger partial charge on any atom is -0.315 e. The molecule has 0 unspecified atom stereocenters. The van der Waals surface area contributed by atoms with Crippen molar-refractivity contribution in [3.05, 3.63) is 0 Å². The fraction of sp³-hybridized carbons (Fsp3) is 1.00. The second-order valence-corrected chi connectivity index (χ2v) is 7.54. The Balaban J connectivity index is 3.12. The van der Waals surface area contributed by atoms with Crippen LogP contribution in [0.2, 0.25) is 0 Å². The third-order valence-corrected chi connectivity index (χ3v) is 4.14. The molecule has 0 bridgehead atoms. The lowest BCUT2D eigenvalue weighted by molar-refractivity contribution is 0.567. The molecule has 5 heteroatoms. The van der Waals surface area contributed by atoms with Gasteiger partial charge in [0.15, 0.2) is 0 Å². The summed E-state index contributed by atoms with van der Waals surface area (Å²) in [4.78, 5) is 0. The fourth-order valence-electron chi connectivity index (χ4n) is 1.03. The van der Waals surface area contributed by atoms with Crippen LogP contribution in [0.5, 0.6) is 0 Å². The Hall–Kier alpha value is 0.260. The summed E-state index contributed by atoms with van der Waals surface area (Å²) in [6.45, 7) is 5.34. The minimum absolute atomic E-state index is 0.307. The number of rotatable bonds is 9. The summed E-state index contributed by atoms with van der Waals surface area (Å²) in [7, 11) is -2.77. The first-order valence-corrected chi connectivity index (χ1v) is 8.62. The standard InChI is InChI=1S/C10H23NO2S2/c1-10(2)11-6-4-5-7-14-8-9-15(3,12)13/h10-11H,4-9H2,1-3H3. The predicted molar refractivity (Wildman–Crippen MR) is 69.4 cm³/mol. The van der Waals surface area contributed by atoms with Crippen LogP contribution in [-0.2, 0) is 9.84 Å². The zero-order valence-electron chi connectivity index (χ0n) is 9.95. The van der Waals surface area contributed by atoms with E-state index in [9.17, 15) is 8.42 Å². The van der Waals surface area contributed by atoms with Crippen molar-refractivity contribution >= 4 is 21.6 Å². The molecular weight excluding hydrogens is 230 g/mol. The Morgan fingerprint density at radius 3 is 2.40 bits per heavy atom.